The van der Waals surface area contributed by atoms with Crippen LogP contribution in [0.3, 0.4) is 0 Å². The van der Waals surface area contributed by atoms with Crippen molar-refractivity contribution in [1.82, 2.24) is 0 Å². The van der Waals surface area contributed by atoms with Crippen molar-refractivity contribution in [3.63, 3.8) is 0 Å². The van der Waals surface area contributed by atoms with E-state index in [1.807, 2.05) is 0 Å². The zero-order valence-electron chi connectivity index (χ0n) is 10.2. The number of rotatable bonds is 4. The lowest BCUT2D eigenvalue weighted by Gasteiger charge is -2.09. The van der Waals surface area contributed by atoms with E-state index in [4.69, 9.17) is 16.7 Å². The summed E-state index contributed by atoms with van der Waals surface area (Å²) in [5, 5.41) is 9.13. The summed E-state index contributed by atoms with van der Waals surface area (Å²) in [4.78, 5) is -0.0333. The van der Waals surface area contributed by atoms with E-state index < -0.39 is 15.8 Å². The molecule has 0 saturated carbocycles. The quantitative estimate of drug-likeness (QED) is 0.911. The fourth-order valence-corrected chi connectivity index (χ4v) is 2.78. The highest BCUT2D eigenvalue weighted by atomic mass is 35.5. The molecule has 0 amide bonds. The zero-order chi connectivity index (χ0) is 14.8. The first-order chi connectivity index (χ1) is 9.42. The predicted octanol–water partition coefficient (Wildman–Crippen LogP) is 2.77. The fraction of sp³-hybridized carbons (Fsp3) is 0.0769. The molecule has 0 spiro atoms. The van der Waals surface area contributed by atoms with Crippen LogP contribution in [-0.4, -0.2) is 13.5 Å². The number of hydrogen-bond donors (Lipinski definition) is 2. The van der Waals surface area contributed by atoms with Gasteiger partial charge in [0, 0.05) is 5.02 Å². The van der Waals surface area contributed by atoms with Gasteiger partial charge in [0.1, 0.15) is 5.82 Å². The number of sulfonamides is 1. The van der Waals surface area contributed by atoms with Crippen molar-refractivity contribution < 1.29 is 17.9 Å². The summed E-state index contributed by atoms with van der Waals surface area (Å²) in [5.74, 6) is -0.718. The van der Waals surface area contributed by atoms with Crippen LogP contribution < -0.4 is 4.72 Å². The second-order valence-corrected chi connectivity index (χ2v) is 6.15. The van der Waals surface area contributed by atoms with Crippen LogP contribution >= 0.6 is 11.6 Å². The van der Waals surface area contributed by atoms with Gasteiger partial charge in [0.15, 0.2) is 0 Å². The summed E-state index contributed by atoms with van der Waals surface area (Å²) in [7, 11) is -3.91. The topological polar surface area (TPSA) is 66.4 Å². The van der Waals surface area contributed by atoms with Gasteiger partial charge in [0.05, 0.1) is 17.2 Å². The number of nitrogens with one attached hydrogen (secondary N) is 1. The highest BCUT2D eigenvalue weighted by Crippen LogP contribution is 2.23. The number of anilines is 1. The highest BCUT2D eigenvalue weighted by Gasteiger charge is 2.16. The molecule has 2 aromatic carbocycles. The molecular formula is C13H11ClFNO3S. The van der Waals surface area contributed by atoms with E-state index in [9.17, 15) is 12.8 Å². The smallest absolute Gasteiger partial charge is 0.261 e. The van der Waals surface area contributed by atoms with E-state index in [0.717, 1.165) is 6.07 Å². The minimum absolute atomic E-state index is 0.0333. The summed E-state index contributed by atoms with van der Waals surface area (Å²) >= 11 is 5.70. The summed E-state index contributed by atoms with van der Waals surface area (Å²) < 4.78 is 39.8. The van der Waals surface area contributed by atoms with Crippen LogP contribution in [0.25, 0.3) is 0 Å². The third-order valence-corrected chi connectivity index (χ3v) is 4.21. The molecule has 2 N–H and O–H groups in total. The number of aliphatic hydroxyl groups excluding tert-OH is 1. The van der Waals surface area contributed by atoms with E-state index in [0.29, 0.717) is 5.56 Å². The molecule has 7 heteroatoms. The summed E-state index contributed by atoms with van der Waals surface area (Å²) in [6.07, 6.45) is 0. The van der Waals surface area contributed by atoms with Crippen LogP contribution in [0.1, 0.15) is 5.56 Å². The Morgan fingerprint density at radius 1 is 1.15 bits per heavy atom. The maximum absolute atomic E-state index is 13.5. The van der Waals surface area contributed by atoms with Crippen molar-refractivity contribution in [3.8, 4) is 0 Å². The normalized spacial score (nSPS) is 11.3. The highest BCUT2D eigenvalue weighted by molar-refractivity contribution is 7.92. The van der Waals surface area contributed by atoms with Gasteiger partial charge in [-0.1, -0.05) is 23.7 Å². The average molecular weight is 316 g/mol. The minimum atomic E-state index is -3.91. The van der Waals surface area contributed by atoms with Crippen LogP contribution in [-0.2, 0) is 16.6 Å². The molecule has 4 nitrogen and oxygen atoms in total. The Balaban J connectivity index is 2.32. The van der Waals surface area contributed by atoms with Crippen LogP contribution in [0.2, 0.25) is 5.02 Å². The van der Waals surface area contributed by atoms with Crippen molar-refractivity contribution in [1.29, 1.82) is 0 Å². The van der Waals surface area contributed by atoms with Gasteiger partial charge >= 0.3 is 0 Å². The standard InChI is InChI=1S/C13H11ClFNO3S/c14-10-3-6-12(15)13(7-10)16-20(18,19)11-4-1-9(8-17)2-5-11/h1-7,16-17H,8H2. The van der Waals surface area contributed by atoms with Crippen LogP contribution in [0.4, 0.5) is 10.1 Å². The van der Waals surface area contributed by atoms with Gasteiger partial charge in [0.2, 0.25) is 0 Å². The van der Waals surface area contributed by atoms with Gasteiger partial charge in [0.25, 0.3) is 10.0 Å². The second kappa shape index (κ2) is 5.78. The number of halogens is 2. The molecule has 0 aliphatic heterocycles. The molecule has 0 heterocycles. The van der Waals surface area contributed by atoms with Crippen molar-refractivity contribution in [3.05, 3.63) is 58.9 Å². The van der Waals surface area contributed by atoms with Crippen LogP contribution in [0, 0.1) is 5.82 Å². The second-order valence-electron chi connectivity index (χ2n) is 4.03. The van der Waals surface area contributed by atoms with Crippen molar-refractivity contribution in [2.24, 2.45) is 0 Å². The largest absolute Gasteiger partial charge is 0.392 e. The molecular weight excluding hydrogens is 305 g/mol. The van der Waals surface area contributed by atoms with Gasteiger partial charge in [-0.05, 0) is 35.9 Å². The Bertz CT molecular complexity index is 717. The van der Waals surface area contributed by atoms with E-state index in [2.05, 4.69) is 4.72 Å². The fourth-order valence-electron chi connectivity index (χ4n) is 1.55. The molecule has 0 saturated heterocycles. The van der Waals surface area contributed by atoms with Gasteiger partial charge in [-0.25, -0.2) is 12.8 Å². The molecule has 0 aromatic heterocycles. The lowest BCUT2D eigenvalue weighted by Crippen LogP contribution is -2.14. The molecule has 2 aromatic rings. The molecule has 0 aliphatic rings. The Morgan fingerprint density at radius 3 is 2.40 bits per heavy atom. The van der Waals surface area contributed by atoms with Crippen LogP contribution in [0.5, 0.6) is 0 Å². The molecule has 2 rings (SSSR count). The van der Waals surface area contributed by atoms with E-state index in [-0.39, 0.29) is 22.2 Å². The van der Waals surface area contributed by atoms with Crippen LogP contribution in [0.15, 0.2) is 47.4 Å². The van der Waals surface area contributed by atoms with E-state index in [1.54, 1.807) is 0 Å². The first-order valence-electron chi connectivity index (χ1n) is 5.60. The summed E-state index contributed by atoms with van der Waals surface area (Å²) in [5.41, 5.74) is 0.363. The molecule has 0 aliphatic carbocycles. The lowest BCUT2D eigenvalue weighted by atomic mass is 10.2. The Labute approximate surface area is 120 Å². The van der Waals surface area contributed by atoms with Gasteiger partial charge < -0.3 is 5.11 Å². The third-order valence-electron chi connectivity index (χ3n) is 2.59. The Hall–Kier alpha value is -1.63. The lowest BCUT2D eigenvalue weighted by molar-refractivity contribution is 0.282. The van der Waals surface area contributed by atoms with E-state index in [1.165, 1.54) is 36.4 Å². The molecule has 0 radical (unpaired) electrons. The average Bonchev–Trinajstić information content (AvgIpc) is 2.43. The van der Waals surface area contributed by atoms with Crippen molar-refractivity contribution in [2.75, 3.05) is 4.72 Å². The number of benzene rings is 2. The maximum atomic E-state index is 13.5. The van der Waals surface area contributed by atoms with Gasteiger partial charge in [-0.3, -0.25) is 4.72 Å². The molecule has 20 heavy (non-hydrogen) atoms. The first-order valence-corrected chi connectivity index (χ1v) is 7.46. The molecule has 106 valence electrons. The molecule has 0 bridgehead atoms. The third kappa shape index (κ3) is 3.27. The number of aliphatic hydroxyl groups is 1. The molecule has 0 fully saturated rings. The first kappa shape index (κ1) is 14.8. The van der Waals surface area contributed by atoms with Gasteiger partial charge in [-0.2, -0.15) is 0 Å². The number of hydrogen-bond acceptors (Lipinski definition) is 3. The zero-order valence-corrected chi connectivity index (χ0v) is 11.7. The SMILES string of the molecule is O=S(=O)(Nc1cc(Cl)ccc1F)c1ccc(CO)cc1. The molecule has 0 atom stereocenters. The van der Waals surface area contributed by atoms with E-state index >= 15 is 0 Å². The summed E-state index contributed by atoms with van der Waals surface area (Å²) in [6, 6.07) is 9.20. The Kier molecular flexibility index (Phi) is 4.27. The minimum Gasteiger partial charge on any atom is -0.392 e. The van der Waals surface area contributed by atoms with Gasteiger partial charge in [-0.15, -0.1) is 0 Å². The van der Waals surface area contributed by atoms with Crippen molar-refractivity contribution >= 4 is 27.3 Å². The Morgan fingerprint density at radius 2 is 1.80 bits per heavy atom. The summed E-state index contributed by atoms with van der Waals surface area (Å²) in [6.45, 7) is -0.184. The monoisotopic (exact) mass is 315 g/mol. The maximum Gasteiger partial charge on any atom is 0.261 e. The van der Waals surface area contributed by atoms with Crippen molar-refractivity contribution in [2.45, 2.75) is 11.5 Å². The molecule has 0 unspecified atom stereocenters. The predicted molar refractivity (Wildman–Crippen MR) is 74.6 cm³/mol.